The van der Waals surface area contributed by atoms with Gasteiger partial charge >= 0.3 is 0 Å². The zero-order valence-corrected chi connectivity index (χ0v) is 13.7. The van der Waals surface area contributed by atoms with Crippen molar-refractivity contribution in [2.24, 2.45) is 0 Å². The number of carbonyl (C=O) groups is 1. The van der Waals surface area contributed by atoms with Gasteiger partial charge in [0.2, 0.25) is 0 Å². The number of hydrogen-bond donors (Lipinski definition) is 2. The molecule has 5 nitrogen and oxygen atoms in total. The Kier molecular flexibility index (Phi) is 2.88. The highest BCUT2D eigenvalue weighted by atomic mass is 19.1. The molecule has 1 aliphatic heterocycles. The molecule has 5 rings (SSSR count). The fourth-order valence-corrected chi connectivity index (χ4v) is 4.03. The summed E-state index contributed by atoms with van der Waals surface area (Å²) in [5, 5.41) is 21.9. The van der Waals surface area contributed by atoms with E-state index in [1.54, 1.807) is 29.2 Å². The van der Waals surface area contributed by atoms with Gasteiger partial charge in [0.15, 0.2) is 5.75 Å². The van der Waals surface area contributed by atoms with Crippen LogP contribution in [0.25, 0.3) is 10.9 Å². The van der Waals surface area contributed by atoms with Gasteiger partial charge in [-0.15, -0.1) is 0 Å². The molecule has 2 aromatic carbocycles. The van der Waals surface area contributed by atoms with E-state index in [0.717, 1.165) is 5.56 Å². The number of hydrogen-bond acceptors (Lipinski definition) is 4. The summed E-state index contributed by atoms with van der Waals surface area (Å²) >= 11 is 0. The first-order valence-corrected chi connectivity index (χ1v) is 8.42. The van der Waals surface area contributed by atoms with Crippen molar-refractivity contribution in [1.29, 1.82) is 0 Å². The molecule has 0 atom stereocenters. The van der Waals surface area contributed by atoms with Gasteiger partial charge in [0.1, 0.15) is 17.1 Å². The third kappa shape index (κ3) is 1.84. The van der Waals surface area contributed by atoms with Gasteiger partial charge in [-0.05, 0) is 42.7 Å². The maximum absolute atomic E-state index is 13.2. The monoisotopic (exact) mass is 350 g/mol. The molecule has 1 aliphatic carbocycles. The van der Waals surface area contributed by atoms with Gasteiger partial charge in [0.05, 0.1) is 11.1 Å². The standard InChI is InChI=1S/C20H15FN2O3/c21-12-5-3-11(4-6-12)10-23-19(26)14-15(20(23)7-8-20)17(24)13-2-1-9-22-16(13)18(14)25/h1-6,9,24-25H,7-8,10H2. The van der Waals surface area contributed by atoms with Crippen LogP contribution in [-0.2, 0) is 12.1 Å². The maximum atomic E-state index is 13.2. The van der Waals surface area contributed by atoms with Gasteiger partial charge in [-0.2, -0.15) is 0 Å². The lowest BCUT2D eigenvalue weighted by Crippen LogP contribution is -2.32. The average Bonchev–Trinajstić information content (AvgIpc) is 3.40. The summed E-state index contributed by atoms with van der Waals surface area (Å²) in [5.41, 5.74) is 1.03. The van der Waals surface area contributed by atoms with Crippen molar-refractivity contribution in [1.82, 2.24) is 9.88 Å². The van der Waals surface area contributed by atoms with Crippen molar-refractivity contribution in [2.75, 3.05) is 0 Å². The SMILES string of the molecule is O=C1c2c(c(O)c3cccnc3c2O)C2(CC2)N1Cc1ccc(F)cc1. The number of pyridine rings is 1. The lowest BCUT2D eigenvalue weighted by atomic mass is 9.97. The summed E-state index contributed by atoms with van der Waals surface area (Å²) in [6.07, 6.45) is 2.94. The lowest BCUT2D eigenvalue weighted by Gasteiger charge is -2.25. The zero-order valence-electron chi connectivity index (χ0n) is 13.7. The molecule has 0 saturated heterocycles. The fourth-order valence-electron chi connectivity index (χ4n) is 4.03. The Balaban J connectivity index is 1.68. The van der Waals surface area contributed by atoms with E-state index in [9.17, 15) is 19.4 Å². The van der Waals surface area contributed by atoms with E-state index in [1.807, 2.05) is 0 Å². The van der Waals surface area contributed by atoms with Crippen molar-refractivity contribution in [2.45, 2.75) is 24.9 Å². The molecule has 1 aromatic heterocycles. The summed E-state index contributed by atoms with van der Waals surface area (Å²) < 4.78 is 13.2. The van der Waals surface area contributed by atoms with Crippen molar-refractivity contribution >= 4 is 16.8 Å². The number of phenolic OH excluding ortho intramolecular Hbond substituents is 2. The van der Waals surface area contributed by atoms with Gasteiger partial charge in [0.25, 0.3) is 5.91 Å². The second kappa shape index (κ2) is 4.94. The molecule has 2 aliphatic rings. The molecule has 130 valence electrons. The topological polar surface area (TPSA) is 73.7 Å². The number of phenols is 2. The van der Waals surface area contributed by atoms with Crippen LogP contribution in [0.1, 0.15) is 34.3 Å². The van der Waals surface area contributed by atoms with Crippen LogP contribution >= 0.6 is 0 Å². The highest BCUT2D eigenvalue weighted by molar-refractivity contribution is 6.10. The summed E-state index contributed by atoms with van der Waals surface area (Å²) in [5.74, 6) is -0.847. The summed E-state index contributed by atoms with van der Waals surface area (Å²) in [6.45, 7) is 0.288. The molecule has 1 saturated carbocycles. The molecule has 0 unspecified atom stereocenters. The minimum atomic E-state index is -0.605. The molecule has 1 fully saturated rings. The molecule has 0 radical (unpaired) electrons. The minimum Gasteiger partial charge on any atom is -0.507 e. The average molecular weight is 350 g/mol. The normalized spacial score (nSPS) is 17.1. The predicted octanol–water partition coefficient (Wildman–Crippen LogP) is 3.43. The Hall–Kier alpha value is -3.15. The van der Waals surface area contributed by atoms with E-state index in [4.69, 9.17) is 0 Å². The van der Waals surface area contributed by atoms with E-state index in [1.165, 1.54) is 18.3 Å². The number of halogens is 1. The number of amides is 1. The highest BCUT2D eigenvalue weighted by Crippen LogP contribution is 2.62. The molecule has 2 N–H and O–H groups in total. The Morgan fingerprint density at radius 2 is 1.85 bits per heavy atom. The maximum Gasteiger partial charge on any atom is 0.259 e. The van der Waals surface area contributed by atoms with Gasteiger partial charge in [-0.1, -0.05) is 12.1 Å². The lowest BCUT2D eigenvalue weighted by molar-refractivity contribution is 0.0681. The second-order valence-electron chi connectivity index (χ2n) is 6.90. The molecule has 3 aromatic rings. The van der Waals surface area contributed by atoms with Gasteiger partial charge < -0.3 is 15.1 Å². The van der Waals surface area contributed by atoms with Gasteiger partial charge in [-0.3, -0.25) is 9.78 Å². The molecule has 26 heavy (non-hydrogen) atoms. The van der Waals surface area contributed by atoms with Crippen molar-refractivity contribution < 1.29 is 19.4 Å². The van der Waals surface area contributed by atoms with Crippen LogP contribution < -0.4 is 0 Å². The minimum absolute atomic E-state index is 0.00774. The number of nitrogens with zero attached hydrogens (tertiary/aromatic N) is 2. The number of aromatic nitrogens is 1. The third-order valence-electron chi connectivity index (χ3n) is 5.43. The van der Waals surface area contributed by atoms with E-state index in [2.05, 4.69) is 4.98 Å². The third-order valence-corrected chi connectivity index (χ3v) is 5.43. The zero-order chi connectivity index (χ0) is 18.1. The number of fused-ring (bicyclic) bond motifs is 3. The Morgan fingerprint density at radius 1 is 1.12 bits per heavy atom. The van der Waals surface area contributed by atoms with Crippen molar-refractivity contribution in [3.63, 3.8) is 0 Å². The first-order valence-electron chi connectivity index (χ1n) is 8.42. The molecular formula is C20H15FN2O3. The fraction of sp³-hybridized carbons (Fsp3) is 0.200. The molecule has 2 heterocycles. The molecule has 1 amide bonds. The second-order valence-corrected chi connectivity index (χ2v) is 6.90. The molecule has 0 bridgehead atoms. The van der Waals surface area contributed by atoms with Crippen molar-refractivity contribution in [3.05, 3.63) is 65.1 Å². The van der Waals surface area contributed by atoms with Crippen LogP contribution in [-0.4, -0.2) is 26.0 Å². The van der Waals surface area contributed by atoms with Gasteiger partial charge in [0, 0.05) is 23.7 Å². The van der Waals surface area contributed by atoms with Crippen LogP contribution in [0, 0.1) is 5.82 Å². The number of aromatic hydroxyl groups is 2. The van der Waals surface area contributed by atoms with Crippen LogP contribution in [0.2, 0.25) is 0 Å². The molecule has 1 spiro atoms. The first kappa shape index (κ1) is 15.1. The quantitative estimate of drug-likeness (QED) is 0.695. The smallest absolute Gasteiger partial charge is 0.259 e. The van der Waals surface area contributed by atoms with E-state index >= 15 is 0 Å². The molecule has 6 heteroatoms. The van der Waals surface area contributed by atoms with Crippen molar-refractivity contribution in [3.8, 4) is 11.5 Å². The van der Waals surface area contributed by atoms with Crippen LogP contribution in [0.3, 0.4) is 0 Å². The highest BCUT2D eigenvalue weighted by Gasteiger charge is 2.60. The Labute approximate surface area is 148 Å². The van der Waals surface area contributed by atoms with E-state index in [0.29, 0.717) is 23.8 Å². The Bertz CT molecular complexity index is 1070. The summed E-state index contributed by atoms with van der Waals surface area (Å²) in [7, 11) is 0. The van der Waals surface area contributed by atoms with Gasteiger partial charge in [-0.25, -0.2) is 4.39 Å². The van der Waals surface area contributed by atoms with Crippen LogP contribution in [0.5, 0.6) is 11.5 Å². The largest absolute Gasteiger partial charge is 0.507 e. The van der Waals surface area contributed by atoms with E-state index in [-0.39, 0.29) is 40.8 Å². The Morgan fingerprint density at radius 3 is 2.54 bits per heavy atom. The first-order chi connectivity index (χ1) is 12.5. The molecular weight excluding hydrogens is 335 g/mol. The number of rotatable bonds is 2. The van der Waals surface area contributed by atoms with Crippen LogP contribution in [0.4, 0.5) is 4.39 Å². The number of benzene rings is 2. The van der Waals surface area contributed by atoms with Crippen LogP contribution in [0.15, 0.2) is 42.6 Å². The van der Waals surface area contributed by atoms with E-state index < -0.39 is 5.54 Å². The number of carbonyl (C=O) groups excluding carboxylic acids is 1. The summed E-state index contributed by atoms with van der Waals surface area (Å²) in [4.78, 5) is 18.9. The predicted molar refractivity (Wildman–Crippen MR) is 92.3 cm³/mol. The summed E-state index contributed by atoms with van der Waals surface area (Å²) in [6, 6.07) is 9.35.